The van der Waals surface area contributed by atoms with E-state index in [1.807, 2.05) is 17.7 Å². The van der Waals surface area contributed by atoms with Gasteiger partial charge in [-0.05, 0) is 18.9 Å². The summed E-state index contributed by atoms with van der Waals surface area (Å²) in [6.45, 7) is 0. The number of pyridine rings is 1. The summed E-state index contributed by atoms with van der Waals surface area (Å²) in [5.41, 5.74) is 1.88. The fourth-order valence-corrected chi connectivity index (χ4v) is 2.25. The molecule has 0 spiro atoms. The number of halogens is 1. The van der Waals surface area contributed by atoms with Gasteiger partial charge in [-0.15, -0.1) is 0 Å². The average Bonchev–Trinajstić information content (AvgIpc) is 3.01. The number of hydrogen-bond donors (Lipinski definition) is 0. The van der Waals surface area contributed by atoms with Crippen LogP contribution in [0.3, 0.4) is 0 Å². The Bertz CT molecular complexity index is 651. The van der Waals surface area contributed by atoms with Gasteiger partial charge in [-0.25, -0.2) is 9.18 Å². The van der Waals surface area contributed by atoms with E-state index in [0.717, 1.165) is 24.1 Å². The van der Waals surface area contributed by atoms with Crippen LogP contribution in [0.4, 0.5) is 4.39 Å². The van der Waals surface area contributed by atoms with E-state index in [2.05, 4.69) is 9.98 Å². The van der Waals surface area contributed by atoms with Gasteiger partial charge in [0.15, 0.2) is 0 Å². The van der Waals surface area contributed by atoms with Crippen LogP contribution in [-0.2, 0) is 17.4 Å². The zero-order valence-corrected chi connectivity index (χ0v) is 9.27. The molecule has 0 radical (unpaired) electrons. The van der Waals surface area contributed by atoms with E-state index in [9.17, 15) is 9.18 Å². The minimum atomic E-state index is -0.451. The summed E-state index contributed by atoms with van der Waals surface area (Å²) in [6.07, 6.45) is 4.46. The first-order valence-electron chi connectivity index (χ1n) is 5.37. The number of nitrogens with zero attached hydrogens (tertiary/aromatic N) is 3. The van der Waals surface area contributed by atoms with E-state index in [0.29, 0.717) is 5.52 Å². The van der Waals surface area contributed by atoms with Crippen molar-refractivity contribution < 1.29 is 9.18 Å². The number of hydrogen-bond acceptors (Lipinski definition) is 3. The maximum absolute atomic E-state index is 13.1. The lowest BCUT2D eigenvalue weighted by atomic mass is 10.2. The Balaban J connectivity index is 2.25. The molecule has 5 heteroatoms. The topological polar surface area (TPSA) is 47.2 Å². The zero-order valence-electron chi connectivity index (χ0n) is 9.27. The smallest absolute Gasteiger partial charge is 0.235 e. The van der Waals surface area contributed by atoms with Gasteiger partial charge in [-0.2, -0.15) is 4.99 Å². The summed E-state index contributed by atoms with van der Waals surface area (Å²) in [6, 6.07) is 3.30. The molecule has 0 N–H and O–H groups in total. The summed E-state index contributed by atoms with van der Waals surface area (Å²) in [7, 11) is 1.83. The van der Waals surface area contributed by atoms with Crippen LogP contribution in [0.1, 0.15) is 18.5 Å². The first-order chi connectivity index (χ1) is 8.16. The number of aliphatic imine (C=N–C) groups is 1. The lowest BCUT2D eigenvalue weighted by Gasteiger charge is -2.09. The first kappa shape index (κ1) is 10.2. The zero-order chi connectivity index (χ0) is 12.0. The molecule has 1 fully saturated rings. The predicted octanol–water partition coefficient (Wildman–Crippen LogP) is 2.04. The molecule has 0 atom stereocenters. The Morgan fingerprint density at radius 3 is 2.94 bits per heavy atom. The summed E-state index contributed by atoms with van der Waals surface area (Å²) in [5.74, 6) is -0.367. The average molecular weight is 231 g/mol. The normalized spacial score (nSPS) is 16.8. The summed E-state index contributed by atoms with van der Waals surface area (Å²) in [4.78, 5) is 18.3. The van der Waals surface area contributed by atoms with Crippen LogP contribution in [0.2, 0.25) is 0 Å². The van der Waals surface area contributed by atoms with E-state index in [-0.39, 0.29) is 5.82 Å². The second kappa shape index (κ2) is 3.25. The molecule has 17 heavy (non-hydrogen) atoms. The maximum Gasteiger partial charge on any atom is 0.235 e. The van der Waals surface area contributed by atoms with Crippen LogP contribution < -0.4 is 0 Å². The largest absolute Gasteiger partial charge is 0.344 e. The van der Waals surface area contributed by atoms with Gasteiger partial charge in [0.2, 0.25) is 6.08 Å². The van der Waals surface area contributed by atoms with Crippen LogP contribution in [0, 0.1) is 5.82 Å². The number of rotatable bonds is 2. The van der Waals surface area contributed by atoms with Gasteiger partial charge in [0.1, 0.15) is 11.4 Å². The number of aryl methyl sites for hydroxylation is 1. The minimum absolute atomic E-state index is 0.367. The highest BCUT2D eigenvalue weighted by Gasteiger charge is 2.47. The molecule has 0 saturated heterocycles. The molecule has 1 saturated carbocycles. The van der Waals surface area contributed by atoms with Gasteiger partial charge in [-0.1, -0.05) is 0 Å². The summed E-state index contributed by atoms with van der Waals surface area (Å²) >= 11 is 0. The van der Waals surface area contributed by atoms with E-state index in [4.69, 9.17) is 0 Å². The quantitative estimate of drug-likeness (QED) is 0.586. The van der Waals surface area contributed by atoms with Crippen molar-refractivity contribution in [3.63, 3.8) is 0 Å². The Morgan fingerprint density at radius 1 is 1.53 bits per heavy atom. The molecule has 1 aliphatic carbocycles. The van der Waals surface area contributed by atoms with E-state index in [1.165, 1.54) is 12.3 Å². The molecule has 0 bridgehead atoms. The third-order valence-electron chi connectivity index (χ3n) is 3.32. The second-order valence-electron chi connectivity index (χ2n) is 4.38. The Hall–Kier alpha value is -2.00. The molecular weight excluding hydrogens is 221 g/mol. The molecule has 3 rings (SSSR count). The standard InChI is InChI=1S/C12H10FN3O/c1-16-10-4-8(13)6-14-9(10)5-11(16)12(2-3-12)15-7-17/h4-6H,2-3H2,1H3. The van der Waals surface area contributed by atoms with Crippen LogP contribution >= 0.6 is 0 Å². The van der Waals surface area contributed by atoms with Crippen molar-refractivity contribution in [3.8, 4) is 0 Å². The molecule has 1 aliphatic rings. The van der Waals surface area contributed by atoms with Crippen LogP contribution in [0.25, 0.3) is 11.0 Å². The van der Waals surface area contributed by atoms with E-state index >= 15 is 0 Å². The third kappa shape index (κ3) is 1.40. The van der Waals surface area contributed by atoms with Gasteiger partial charge in [0.25, 0.3) is 0 Å². The lowest BCUT2D eigenvalue weighted by Crippen LogP contribution is -2.08. The summed E-state index contributed by atoms with van der Waals surface area (Å²) < 4.78 is 15.0. The third-order valence-corrected chi connectivity index (χ3v) is 3.32. The molecule has 0 unspecified atom stereocenters. The molecular formula is C12H10FN3O. The van der Waals surface area contributed by atoms with Crippen molar-refractivity contribution in [1.29, 1.82) is 0 Å². The maximum atomic E-state index is 13.1. The van der Waals surface area contributed by atoms with Crippen molar-refractivity contribution in [2.45, 2.75) is 18.4 Å². The SMILES string of the molecule is Cn1c(C2(N=C=O)CC2)cc2ncc(F)cc21. The molecule has 86 valence electrons. The van der Waals surface area contributed by atoms with Crippen molar-refractivity contribution >= 4 is 17.1 Å². The highest BCUT2D eigenvalue weighted by molar-refractivity contribution is 5.77. The predicted molar refractivity (Wildman–Crippen MR) is 59.7 cm³/mol. The molecule has 0 aromatic carbocycles. The lowest BCUT2D eigenvalue weighted by molar-refractivity contribution is 0.553. The monoisotopic (exact) mass is 231 g/mol. The van der Waals surface area contributed by atoms with Crippen molar-refractivity contribution in [2.24, 2.45) is 12.0 Å². The summed E-state index contributed by atoms with van der Waals surface area (Å²) in [5, 5.41) is 0. The van der Waals surface area contributed by atoms with Crippen molar-refractivity contribution in [1.82, 2.24) is 9.55 Å². The van der Waals surface area contributed by atoms with Crippen LogP contribution in [0.5, 0.6) is 0 Å². The molecule has 0 amide bonds. The molecule has 2 heterocycles. The van der Waals surface area contributed by atoms with E-state index < -0.39 is 5.54 Å². The van der Waals surface area contributed by atoms with Crippen molar-refractivity contribution in [2.75, 3.05) is 0 Å². The van der Waals surface area contributed by atoms with E-state index in [1.54, 1.807) is 6.08 Å². The fourth-order valence-electron chi connectivity index (χ4n) is 2.25. The highest BCUT2D eigenvalue weighted by Crippen LogP contribution is 2.50. The number of carbonyl (C=O) groups excluding carboxylic acids is 1. The second-order valence-corrected chi connectivity index (χ2v) is 4.38. The fraction of sp³-hybridized carbons (Fsp3) is 0.333. The number of fused-ring (bicyclic) bond motifs is 1. The molecule has 4 nitrogen and oxygen atoms in total. The molecule has 2 aromatic rings. The minimum Gasteiger partial charge on any atom is -0.344 e. The molecule has 2 aromatic heterocycles. The van der Waals surface area contributed by atoms with Gasteiger partial charge in [0.05, 0.1) is 17.2 Å². The van der Waals surface area contributed by atoms with Crippen molar-refractivity contribution in [3.05, 3.63) is 29.8 Å². The van der Waals surface area contributed by atoms with Gasteiger partial charge < -0.3 is 4.57 Å². The van der Waals surface area contributed by atoms with Crippen LogP contribution in [0.15, 0.2) is 23.3 Å². The Labute approximate surface area is 96.8 Å². The number of aromatic nitrogens is 2. The Kier molecular flexibility index (Phi) is 1.94. The highest BCUT2D eigenvalue weighted by atomic mass is 19.1. The van der Waals surface area contributed by atoms with Gasteiger partial charge in [-0.3, -0.25) is 4.98 Å². The molecule has 0 aliphatic heterocycles. The van der Waals surface area contributed by atoms with Gasteiger partial charge in [0, 0.05) is 18.8 Å². The van der Waals surface area contributed by atoms with Gasteiger partial charge >= 0.3 is 0 Å². The van der Waals surface area contributed by atoms with Crippen LogP contribution in [-0.4, -0.2) is 15.6 Å². The Morgan fingerprint density at radius 2 is 2.29 bits per heavy atom. The number of isocyanates is 1. The first-order valence-corrected chi connectivity index (χ1v) is 5.37.